The van der Waals surface area contributed by atoms with E-state index < -0.39 is 0 Å². The van der Waals surface area contributed by atoms with Crippen LogP contribution in [0.15, 0.2) is 4.99 Å². The molecule has 1 saturated heterocycles. The van der Waals surface area contributed by atoms with E-state index in [1.807, 2.05) is 0 Å². The molecule has 1 aliphatic carbocycles. The maximum atomic E-state index is 4.93. The first-order valence-corrected chi connectivity index (χ1v) is 8.44. The number of hydrogen-bond acceptors (Lipinski definition) is 1. The molecule has 1 saturated carbocycles. The maximum absolute atomic E-state index is 4.93. The van der Waals surface area contributed by atoms with Crippen molar-refractivity contribution < 1.29 is 0 Å². The predicted molar refractivity (Wildman–Crippen MR) is 83.8 cm³/mol. The first-order chi connectivity index (χ1) is 9.09. The fraction of sp³-hybridized carbons (Fsp3) is 0.941. The van der Waals surface area contributed by atoms with Crippen LogP contribution in [-0.4, -0.2) is 28.9 Å². The Morgan fingerprint density at radius 2 is 1.58 bits per heavy atom. The molecule has 0 N–H and O–H groups in total. The van der Waals surface area contributed by atoms with Crippen molar-refractivity contribution >= 4 is 5.84 Å². The van der Waals surface area contributed by atoms with E-state index in [1.165, 1.54) is 57.2 Å². The van der Waals surface area contributed by atoms with E-state index in [0.717, 1.165) is 12.0 Å². The molecule has 0 aromatic heterocycles. The predicted octanol–water partition coefficient (Wildman–Crippen LogP) is 4.64. The standard InChI is InChI=1S/C17H32N2/c1-13(2)18-17-12-15-10-8-6-5-7-9-11-16(15)19(17)14(3)4/h13-16H,5-12H2,1-4H3. The lowest BCUT2D eigenvalue weighted by atomic mass is 9.92. The van der Waals surface area contributed by atoms with Gasteiger partial charge >= 0.3 is 0 Å². The Balaban J connectivity index is 2.17. The van der Waals surface area contributed by atoms with E-state index in [2.05, 4.69) is 32.6 Å². The summed E-state index contributed by atoms with van der Waals surface area (Å²) in [5, 5.41) is 0. The second kappa shape index (κ2) is 6.76. The molecule has 2 heteroatoms. The van der Waals surface area contributed by atoms with Gasteiger partial charge in [-0.3, -0.25) is 4.99 Å². The molecule has 19 heavy (non-hydrogen) atoms. The molecule has 0 radical (unpaired) electrons. The molecule has 2 nitrogen and oxygen atoms in total. The molecule has 0 amide bonds. The molecule has 0 bridgehead atoms. The van der Waals surface area contributed by atoms with Crippen LogP contribution in [0, 0.1) is 5.92 Å². The summed E-state index contributed by atoms with van der Waals surface area (Å²) in [4.78, 5) is 7.59. The van der Waals surface area contributed by atoms with Gasteiger partial charge in [-0.25, -0.2) is 0 Å². The van der Waals surface area contributed by atoms with Crippen molar-refractivity contribution in [1.29, 1.82) is 0 Å². The van der Waals surface area contributed by atoms with Gasteiger partial charge in [-0.05, 0) is 46.5 Å². The van der Waals surface area contributed by atoms with Gasteiger partial charge in [0.05, 0.1) is 0 Å². The third kappa shape index (κ3) is 3.73. The van der Waals surface area contributed by atoms with E-state index in [-0.39, 0.29) is 0 Å². The zero-order valence-electron chi connectivity index (χ0n) is 13.4. The fourth-order valence-corrected chi connectivity index (χ4v) is 3.95. The van der Waals surface area contributed by atoms with Gasteiger partial charge < -0.3 is 4.90 Å². The average Bonchev–Trinajstić information content (AvgIpc) is 2.67. The lowest BCUT2D eigenvalue weighted by Crippen LogP contribution is -2.40. The highest BCUT2D eigenvalue weighted by molar-refractivity contribution is 5.85. The summed E-state index contributed by atoms with van der Waals surface area (Å²) in [7, 11) is 0. The lowest BCUT2D eigenvalue weighted by Gasteiger charge is -2.33. The van der Waals surface area contributed by atoms with Crippen LogP contribution in [0.2, 0.25) is 0 Å². The number of hydrogen-bond donors (Lipinski definition) is 0. The first kappa shape index (κ1) is 14.9. The van der Waals surface area contributed by atoms with Gasteiger partial charge in [-0.1, -0.05) is 32.1 Å². The molecule has 0 aromatic rings. The van der Waals surface area contributed by atoms with Crippen molar-refractivity contribution in [1.82, 2.24) is 4.90 Å². The highest BCUT2D eigenvalue weighted by atomic mass is 15.3. The third-order valence-electron chi connectivity index (χ3n) is 4.68. The van der Waals surface area contributed by atoms with Crippen LogP contribution < -0.4 is 0 Å². The lowest BCUT2D eigenvalue weighted by molar-refractivity contribution is 0.215. The number of nitrogens with zero attached hydrogens (tertiary/aromatic N) is 2. The van der Waals surface area contributed by atoms with Crippen LogP contribution in [0.3, 0.4) is 0 Å². The Bertz CT molecular complexity index is 306. The van der Waals surface area contributed by atoms with Crippen LogP contribution in [0.4, 0.5) is 0 Å². The third-order valence-corrected chi connectivity index (χ3v) is 4.68. The van der Waals surface area contributed by atoms with Crippen LogP contribution in [0.25, 0.3) is 0 Å². The maximum Gasteiger partial charge on any atom is 0.100 e. The fourth-order valence-electron chi connectivity index (χ4n) is 3.95. The van der Waals surface area contributed by atoms with Gasteiger partial charge in [0.2, 0.25) is 0 Å². The van der Waals surface area contributed by atoms with Crippen LogP contribution >= 0.6 is 0 Å². The Morgan fingerprint density at radius 3 is 2.21 bits per heavy atom. The molecule has 2 aliphatic rings. The summed E-state index contributed by atoms with van der Waals surface area (Å²) in [5.41, 5.74) is 0. The van der Waals surface area contributed by atoms with E-state index in [1.54, 1.807) is 0 Å². The SMILES string of the molecule is CC(C)N=C1CC2CCCCCCCC2N1C(C)C. The van der Waals surface area contributed by atoms with Crippen molar-refractivity contribution in [2.24, 2.45) is 10.9 Å². The van der Waals surface area contributed by atoms with Crippen molar-refractivity contribution in [2.75, 3.05) is 0 Å². The Labute approximate surface area is 119 Å². The zero-order chi connectivity index (χ0) is 13.8. The van der Waals surface area contributed by atoms with E-state index >= 15 is 0 Å². The molecule has 1 aliphatic heterocycles. The molecule has 0 spiro atoms. The van der Waals surface area contributed by atoms with Gasteiger partial charge in [0.1, 0.15) is 5.84 Å². The van der Waals surface area contributed by atoms with E-state index in [4.69, 9.17) is 4.99 Å². The zero-order valence-corrected chi connectivity index (χ0v) is 13.4. The summed E-state index contributed by atoms with van der Waals surface area (Å²) >= 11 is 0. The van der Waals surface area contributed by atoms with Gasteiger partial charge in [-0.15, -0.1) is 0 Å². The van der Waals surface area contributed by atoms with Crippen LogP contribution in [0.5, 0.6) is 0 Å². The molecule has 0 aromatic carbocycles. The molecule has 2 rings (SSSR count). The van der Waals surface area contributed by atoms with Crippen molar-refractivity contribution in [3.63, 3.8) is 0 Å². The smallest absolute Gasteiger partial charge is 0.100 e. The van der Waals surface area contributed by atoms with Gasteiger partial charge in [-0.2, -0.15) is 0 Å². The summed E-state index contributed by atoms with van der Waals surface area (Å²) in [5.74, 6) is 2.28. The first-order valence-electron chi connectivity index (χ1n) is 8.44. The minimum Gasteiger partial charge on any atom is -0.355 e. The highest BCUT2D eigenvalue weighted by Gasteiger charge is 2.38. The normalized spacial score (nSPS) is 31.5. The van der Waals surface area contributed by atoms with Gasteiger partial charge in [0.25, 0.3) is 0 Å². The average molecular weight is 264 g/mol. The molecular formula is C17H32N2. The van der Waals surface area contributed by atoms with Crippen molar-refractivity contribution in [3.05, 3.63) is 0 Å². The van der Waals surface area contributed by atoms with Crippen molar-refractivity contribution in [3.8, 4) is 0 Å². The molecule has 2 unspecified atom stereocenters. The summed E-state index contributed by atoms with van der Waals surface area (Å²) in [6, 6.07) is 1.81. The second-order valence-electron chi connectivity index (χ2n) is 7.02. The minimum atomic E-state index is 0.434. The summed E-state index contributed by atoms with van der Waals surface area (Å²) in [6.45, 7) is 9.09. The number of amidine groups is 1. The molecule has 2 fully saturated rings. The monoisotopic (exact) mass is 264 g/mol. The highest BCUT2D eigenvalue weighted by Crippen LogP contribution is 2.36. The van der Waals surface area contributed by atoms with Crippen LogP contribution in [-0.2, 0) is 0 Å². The molecule has 110 valence electrons. The van der Waals surface area contributed by atoms with Gasteiger partial charge in [0, 0.05) is 24.5 Å². The number of rotatable bonds is 2. The largest absolute Gasteiger partial charge is 0.355 e. The molecular weight excluding hydrogens is 232 g/mol. The molecule has 2 atom stereocenters. The molecule has 1 heterocycles. The minimum absolute atomic E-state index is 0.434. The summed E-state index contributed by atoms with van der Waals surface area (Å²) in [6.07, 6.45) is 11.2. The Kier molecular flexibility index (Phi) is 5.29. The Hall–Kier alpha value is -0.530. The van der Waals surface area contributed by atoms with E-state index in [0.29, 0.717) is 12.1 Å². The van der Waals surface area contributed by atoms with E-state index in [9.17, 15) is 0 Å². The summed E-state index contributed by atoms with van der Waals surface area (Å²) < 4.78 is 0. The Morgan fingerprint density at radius 1 is 0.947 bits per heavy atom. The topological polar surface area (TPSA) is 15.6 Å². The van der Waals surface area contributed by atoms with Gasteiger partial charge in [0.15, 0.2) is 0 Å². The second-order valence-corrected chi connectivity index (χ2v) is 7.02. The number of likely N-dealkylation sites (tertiary alicyclic amines) is 1. The van der Waals surface area contributed by atoms with Crippen LogP contribution in [0.1, 0.15) is 79.1 Å². The number of fused-ring (bicyclic) bond motifs is 1. The quantitative estimate of drug-likeness (QED) is 0.709. The van der Waals surface area contributed by atoms with Crippen molar-refractivity contribution in [2.45, 2.75) is 97.2 Å². The number of aliphatic imine (C=N–C) groups is 1.